The Morgan fingerprint density at radius 2 is 1.92 bits per heavy atom. The van der Waals surface area contributed by atoms with Gasteiger partial charge in [-0.15, -0.1) is 0 Å². The highest BCUT2D eigenvalue weighted by Crippen LogP contribution is 2.52. The summed E-state index contributed by atoms with van der Waals surface area (Å²) in [5.74, 6) is 3.06. The summed E-state index contributed by atoms with van der Waals surface area (Å²) in [5.41, 5.74) is 1.64. The molecule has 4 aliphatic rings. The van der Waals surface area contributed by atoms with Crippen molar-refractivity contribution < 1.29 is 4.74 Å². The Labute approximate surface area is 149 Å². The number of rotatable bonds is 3. The topological polar surface area (TPSA) is 37.4 Å². The number of hydrogen-bond acceptors (Lipinski definition) is 4. The molecule has 1 unspecified atom stereocenters. The summed E-state index contributed by atoms with van der Waals surface area (Å²) in [6.07, 6.45) is 7.78. The minimum Gasteiger partial charge on any atom is -0.456 e. The van der Waals surface area contributed by atoms with Gasteiger partial charge in [0.05, 0.1) is 6.20 Å². The lowest BCUT2D eigenvalue weighted by Crippen LogP contribution is -2.64. The van der Waals surface area contributed by atoms with Gasteiger partial charge >= 0.3 is 0 Å². The first-order valence-corrected chi connectivity index (χ1v) is 9.49. The summed E-state index contributed by atoms with van der Waals surface area (Å²) in [5, 5.41) is 3.63. The van der Waals surface area contributed by atoms with Crippen LogP contribution in [-0.4, -0.2) is 41.6 Å². The molecule has 0 amide bonds. The van der Waals surface area contributed by atoms with Crippen LogP contribution >= 0.6 is 0 Å². The highest BCUT2D eigenvalue weighted by molar-refractivity contribution is 5.35. The van der Waals surface area contributed by atoms with Crippen molar-refractivity contribution in [1.82, 2.24) is 15.2 Å². The van der Waals surface area contributed by atoms with E-state index in [-0.39, 0.29) is 5.54 Å². The van der Waals surface area contributed by atoms with E-state index in [2.05, 4.69) is 27.5 Å². The quantitative estimate of drug-likeness (QED) is 0.933. The fourth-order valence-electron chi connectivity index (χ4n) is 5.42. The molecule has 2 aromatic rings. The first kappa shape index (κ1) is 15.4. The predicted octanol–water partition coefficient (Wildman–Crippen LogP) is 3.42. The Morgan fingerprint density at radius 3 is 2.68 bits per heavy atom. The summed E-state index contributed by atoms with van der Waals surface area (Å²) in [7, 11) is 0. The lowest BCUT2D eigenvalue weighted by molar-refractivity contribution is -0.0404. The van der Waals surface area contributed by atoms with Crippen molar-refractivity contribution in [3.8, 4) is 11.5 Å². The highest BCUT2D eigenvalue weighted by Gasteiger charge is 2.54. The van der Waals surface area contributed by atoms with Crippen LogP contribution < -0.4 is 10.1 Å². The monoisotopic (exact) mass is 335 g/mol. The molecule has 4 saturated heterocycles. The van der Waals surface area contributed by atoms with Crippen LogP contribution in [0.3, 0.4) is 0 Å². The number of para-hydroxylation sites is 1. The van der Waals surface area contributed by atoms with Crippen molar-refractivity contribution in [2.24, 2.45) is 5.92 Å². The van der Waals surface area contributed by atoms with Gasteiger partial charge in [-0.2, -0.15) is 0 Å². The van der Waals surface area contributed by atoms with E-state index < -0.39 is 0 Å². The molecule has 25 heavy (non-hydrogen) atoms. The molecule has 4 nitrogen and oxygen atoms in total. The van der Waals surface area contributed by atoms with Gasteiger partial charge in [-0.3, -0.25) is 9.88 Å². The molecule has 2 atom stereocenters. The zero-order valence-corrected chi connectivity index (χ0v) is 14.5. The van der Waals surface area contributed by atoms with E-state index in [1.807, 2.05) is 36.5 Å². The normalized spacial score (nSPS) is 33.7. The summed E-state index contributed by atoms with van der Waals surface area (Å²) in [6.45, 7) is 4.76. The zero-order chi connectivity index (χ0) is 16.7. The first-order chi connectivity index (χ1) is 12.4. The van der Waals surface area contributed by atoms with Gasteiger partial charge in [0.2, 0.25) is 0 Å². The number of piperidine rings is 3. The van der Waals surface area contributed by atoms with Crippen molar-refractivity contribution in [3.63, 3.8) is 0 Å². The van der Waals surface area contributed by atoms with E-state index in [4.69, 9.17) is 4.74 Å². The average molecular weight is 335 g/mol. The van der Waals surface area contributed by atoms with Crippen LogP contribution in [0.2, 0.25) is 0 Å². The Morgan fingerprint density at radius 1 is 1.08 bits per heavy atom. The van der Waals surface area contributed by atoms with E-state index in [0.29, 0.717) is 5.92 Å². The van der Waals surface area contributed by atoms with Crippen molar-refractivity contribution in [3.05, 3.63) is 54.4 Å². The maximum atomic E-state index is 6.05. The Kier molecular flexibility index (Phi) is 3.75. The zero-order valence-electron chi connectivity index (χ0n) is 14.5. The molecule has 1 aromatic heterocycles. The first-order valence-electron chi connectivity index (χ1n) is 9.49. The Balaban J connectivity index is 1.49. The largest absolute Gasteiger partial charge is 0.456 e. The second kappa shape index (κ2) is 6.11. The van der Waals surface area contributed by atoms with E-state index in [0.717, 1.165) is 30.5 Å². The lowest BCUT2D eigenvalue weighted by Gasteiger charge is -2.58. The molecule has 0 saturated carbocycles. The van der Waals surface area contributed by atoms with Gasteiger partial charge in [0, 0.05) is 24.2 Å². The van der Waals surface area contributed by atoms with E-state index in [1.165, 1.54) is 37.9 Å². The molecular weight excluding hydrogens is 310 g/mol. The second-order valence-corrected chi connectivity index (χ2v) is 7.70. The minimum atomic E-state index is 0.286. The van der Waals surface area contributed by atoms with E-state index in [9.17, 15) is 0 Å². The SMILES string of the molecule is c1ccc(Oc2cncc(C3C4CCN(CC4)[C@]34CCNC4)c2)cc1. The van der Waals surface area contributed by atoms with Crippen molar-refractivity contribution in [2.75, 3.05) is 26.2 Å². The maximum Gasteiger partial charge on any atom is 0.145 e. The summed E-state index contributed by atoms with van der Waals surface area (Å²) in [4.78, 5) is 7.28. The molecule has 0 radical (unpaired) electrons. The van der Waals surface area contributed by atoms with Crippen molar-refractivity contribution in [1.29, 1.82) is 0 Å². The second-order valence-electron chi connectivity index (χ2n) is 7.70. The molecule has 2 bridgehead atoms. The molecule has 1 spiro atoms. The highest BCUT2D eigenvalue weighted by atomic mass is 16.5. The van der Waals surface area contributed by atoms with Gasteiger partial charge in [-0.25, -0.2) is 0 Å². The molecule has 0 aliphatic carbocycles. The molecule has 4 fully saturated rings. The van der Waals surface area contributed by atoms with Gasteiger partial charge < -0.3 is 10.1 Å². The van der Waals surface area contributed by atoms with Crippen LogP contribution in [-0.2, 0) is 0 Å². The molecule has 1 aromatic carbocycles. The van der Waals surface area contributed by atoms with Crippen LogP contribution in [0.5, 0.6) is 11.5 Å². The van der Waals surface area contributed by atoms with Crippen molar-refractivity contribution in [2.45, 2.75) is 30.7 Å². The van der Waals surface area contributed by atoms with Gasteiger partial charge in [0.25, 0.3) is 0 Å². The third kappa shape index (κ3) is 2.55. The Hall–Kier alpha value is -1.91. The van der Waals surface area contributed by atoms with Crippen molar-refractivity contribution >= 4 is 0 Å². The number of pyridine rings is 1. The smallest absolute Gasteiger partial charge is 0.145 e. The van der Waals surface area contributed by atoms with Gasteiger partial charge in [0.15, 0.2) is 0 Å². The number of nitrogens with zero attached hydrogens (tertiary/aromatic N) is 2. The predicted molar refractivity (Wildman–Crippen MR) is 98.0 cm³/mol. The number of aromatic nitrogens is 1. The van der Waals surface area contributed by atoms with E-state index in [1.54, 1.807) is 0 Å². The molecule has 1 N–H and O–H groups in total. The molecule has 130 valence electrons. The number of hydrogen-bond donors (Lipinski definition) is 1. The third-order valence-electron chi connectivity index (χ3n) is 6.46. The minimum absolute atomic E-state index is 0.286. The third-order valence-corrected chi connectivity index (χ3v) is 6.46. The Bertz CT molecular complexity index is 734. The lowest BCUT2D eigenvalue weighted by atomic mass is 9.63. The molecule has 4 aliphatic heterocycles. The van der Waals surface area contributed by atoms with Crippen LogP contribution in [0.25, 0.3) is 0 Å². The number of fused-ring (bicyclic) bond motifs is 2. The van der Waals surface area contributed by atoms with Crippen LogP contribution in [0.4, 0.5) is 0 Å². The fourth-order valence-corrected chi connectivity index (χ4v) is 5.42. The standard InChI is InChI=1S/C21H25N3O/c1-2-4-18(5-3-1)25-19-12-17(13-23-14-19)20-16-6-10-24(11-7-16)21(20)8-9-22-15-21/h1-5,12-14,16,20,22H,6-11,15H2/t20?,21-/m0/s1. The summed E-state index contributed by atoms with van der Waals surface area (Å²) < 4.78 is 6.05. The molecule has 5 heterocycles. The number of ether oxygens (including phenoxy) is 1. The van der Waals surface area contributed by atoms with Gasteiger partial charge in [-0.05, 0) is 68.6 Å². The summed E-state index contributed by atoms with van der Waals surface area (Å²) in [6, 6.07) is 12.2. The molecule has 6 rings (SSSR count). The average Bonchev–Trinajstić information content (AvgIpc) is 3.13. The maximum absolute atomic E-state index is 6.05. The van der Waals surface area contributed by atoms with Crippen LogP contribution in [0.15, 0.2) is 48.8 Å². The molecular formula is C21H25N3O. The van der Waals surface area contributed by atoms with Crippen LogP contribution in [0, 0.1) is 5.92 Å². The fraction of sp³-hybridized carbons (Fsp3) is 0.476. The van der Waals surface area contributed by atoms with Crippen LogP contribution in [0.1, 0.15) is 30.7 Å². The van der Waals surface area contributed by atoms with Gasteiger partial charge in [-0.1, -0.05) is 18.2 Å². The number of benzene rings is 1. The van der Waals surface area contributed by atoms with E-state index >= 15 is 0 Å². The van der Waals surface area contributed by atoms with Gasteiger partial charge in [0.1, 0.15) is 11.5 Å². The molecule has 4 heteroatoms. The summed E-state index contributed by atoms with van der Waals surface area (Å²) >= 11 is 0. The number of nitrogens with one attached hydrogen (secondary N) is 1.